The molecule has 1 heterocycles. The van der Waals surface area contributed by atoms with Crippen LogP contribution in [-0.4, -0.2) is 25.5 Å². The summed E-state index contributed by atoms with van der Waals surface area (Å²) in [7, 11) is 0. The van der Waals surface area contributed by atoms with Crippen molar-refractivity contribution in [3.63, 3.8) is 0 Å². The fraction of sp³-hybridized carbons (Fsp3) is 0.0625. The van der Waals surface area contributed by atoms with Crippen molar-refractivity contribution in [3.05, 3.63) is 48.2 Å². The number of aromatic amines is 1. The third-order valence-corrected chi connectivity index (χ3v) is 3.24. The van der Waals surface area contributed by atoms with Gasteiger partial charge in [-0.15, -0.1) is 0 Å². The van der Waals surface area contributed by atoms with Crippen LogP contribution in [-0.2, 0) is 0 Å². The number of nitrogens with one attached hydrogen (secondary N) is 1. The quantitative estimate of drug-likeness (QED) is 0.556. The van der Waals surface area contributed by atoms with Crippen molar-refractivity contribution < 1.29 is 20.1 Å². The maximum Gasteiger partial charge on any atom is 0.200 e. The van der Waals surface area contributed by atoms with Crippen LogP contribution >= 0.6 is 0 Å². The third-order valence-electron chi connectivity index (χ3n) is 3.24. The van der Waals surface area contributed by atoms with Gasteiger partial charge in [0.1, 0.15) is 11.4 Å². The van der Waals surface area contributed by atoms with Gasteiger partial charge >= 0.3 is 0 Å². The predicted molar refractivity (Wildman–Crippen MR) is 80.3 cm³/mol. The molecule has 112 valence electrons. The smallest absolute Gasteiger partial charge is 0.200 e. The van der Waals surface area contributed by atoms with E-state index in [1.165, 1.54) is 12.1 Å². The van der Waals surface area contributed by atoms with Gasteiger partial charge in [0.2, 0.25) is 5.75 Å². The molecule has 2 aromatic carbocycles. The molecule has 3 rings (SSSR count). The summed E-state index contributed by atoms with van der Waals surface area (Å²) >= 11 is 0. The van der Waals surface area contributed by atoms with E-state index < -0.39 is 17.2 Å². The molecule has 0 radical (unpaired) electrons. The third kappa shape index (κ3) is 2.31. The number of aromatic hydroxyl groups is 3. The van der Waals surface area contributed by atoms with Crippen molar-refractivity contribution in [1.82, 2.24) is 10.2 Å². The normalized spacial score (nSPS) is 10.6. The maximum atomic E-state index is 10.0. The molecule has 22 heavy (non-hydrogen) atoms. The molecule has 0 aliphatic rings. The van der Waals surface area contributed by atoms with E-state index in [1.54, 1.807) is 19.1 Å². The monoisotopic (exact) mass is 298 g/mol. The fourth-order valence-electron chi connectivity index (χ4n) is 2.09. The second kappa shape index (κ2) is 5.33. The first-order valence-electron chi connectivity index (χ1n) is 6.60. The van der Waals surface area contributed by atoms with Gasteiger partial charge in [-0.1, -0.05) is 18.2 Å². The van der Waals surface area contributed by atoms with E-state index in [0.717, 1.165) is 0 Å². The summed E-state index contributed by atoms with van der Waals surface area (Å²) in [5.74, 6) is -0.394. The van der Waals surface area contributed by atoms with Crippen LogP contribution in [0.15, 0.2) is 42.5 Å². The molecule has 0 aliphatic heterocycles. The Kier molecular flexibility index (Phi) is 3.34. The first-order valence-corrected chi connectivity index (χ1v) is 6.60. The number of ether oxygens (including phenoxy) is 1. The van der Waals surface area contributed by atoms with Gasteiger partial charge in [0.15, 0.2) is 17.2 Å². The Morgan fingerprint density at radius 3 is 2.41 bits per heavy atom. The molecule has 0 bridgehead atoms. The van der Waals surface area contributed by atoms with Gasteiger partial charge in [-0.3, -0.25) is 5.10 Å². The number of hydrogen-bond acceptors (Lipinski definition) is 5. The largest absolute Gasteiger partial charge is 0.504 e. The molecule has 0 saturated heterocycles. The van der Waals surface area contributed by atoms with E-state index >= 15 is 0 Å². The number of phenolic OH excluding ortho intramolecular Hbond substituents is 3. The lowest BCUT2D eigenvalue weighted by atomic mass is 10.1. The summed E-state index contributed by atoms with van der Waals surface area (Å²) in [5, 5.41) is 36.0. The maximum absolute atomic E-state index is 10.0. The summed E-state index contributed by atoms with van der Waals surface area (Å²) in [5.41, 5.74) is 1.27. The molecule has 0 aliphatic carbocycles. The van der Waals surface area contributed by atoms with Gasteiger partial charge in [-0.2, -0.15) is 5.10 Å². The molecule has 0 fully saturated rings. The Morgan fingerprint density at radius 2 is 1.68 bits per heavy atom. The highest BCUT2D eigenvalue weighted by molar-refractivity contribution is 5.77. The average Bonchev–Trinajstić information content (AvgIpc) is 2.87. The molecule has 4 N–H and O–H groups in total. The lowest BCUT2D eigenvalue weighted by Gasteiger charge is -2.09. The molecule has 6 heteroatoms. The van der Waals surface area contributed by atoms with Crippen LogP contribution in [0.3, 0.4) is 0 Å². The molecular formula is C16H14N2O4. The van der Waals surface area contributed by atoms with Gasteiger partial charge in [-0.05, 0) is 31.2 Å². The van der Waals surface area contributed by atoms with Crippen LogP contribution in [0.1, 0.15) is 5.69 Å². The Hall–Kier alpha value is -3.15. The van der Waals surface area contributed by atoms with Crippen molar-refractivity contribution >= 4 is 0 Å². The van der Waals surface area contributed by atoms with Crippen LogP contribution in [0.2, 0.25) is 0 Å². The number of benzene rings is 2. The minimum Gasteiger partial charge on any atom is -0.504 e. The van der Waals surface area contributed by atoms with Crippen LogP contribution in [0.4, 0.5) is 0 Å². The van der Waals surface area contributed by atoms with E-state index in [1.807, 2.05) is 18.2 Å². The fourth-order valence-corrected chi connectivity index (χ4v) is 2.09. The highest BCUT2D eigenvalue weighted by atomic mass is 16.5. The molecule has 0 atom stereocenters. The molecule has 3 aromatic rings. The lowest BCUT2D eigenvalue weighted by Crippen LogP contribution is -1.88. The first kappa shape index (κ1) is 13.8. The molecule has 0 unspecified atom stereocenters. The van der Waals surface area contributed by atoms with E-state index in [0.29, 0.717) is 22.9 Å². The molecule has 0 saturated carbocycles. The number of H-pyrrole nitrogens is 1. The van der Waals surface area contributed by atoms with E-state index in [2.05, 4.69) is 10.2 Å². The minimum atomic E-state index is -0.594. The first-order chi connectivity index (χ1) is 10.6. The Morgan fingerprint density at radius 1 is 0.955 bits per heavy atom. The van der Waals surface area contributed by atoms with Crippen molar-refractivity contribution in [1.29, 1.82) is 0 Å². The number of hydrogen-bond donors (Lipinski definition) is 4. The lowest BCUT2D eigenvalue weighted by molar-refractivity contribution is 0.368. The van der Waals surface area contributed by atoms with Crippen LogP contribution in [0.25, 0.3) is 11.3 Å². The van der Waals surface area contributed by atoms with Gasteiger partial charge in [-0.25, -0.2) is 0 Å². The Labute approximate surface area is 126 Å². The van der Waals surface area contributed by atoms with Crippen molar-refractivity contribution in [2.45, 2.75) is 6.92 Å². The molecule has 0 amide bonds. The topological polar surface area (TPSA) is 98.6 Å². The van der Waals surface area contributed by atoms with Crippen LogP contribution in [0, 0.1) is 6.92 Å². The zero-order valence-corrected chi connectivity index (χ0v) is 11.7. The number of para-hydroxylation sites is 1. The van der Waals surface area contributed by atoms with Crippen molar-refractivity contribution in [3.8, 4) is 40.0 Å². The summed E-state index contributed by atoms with van der Waals surface area (Å²) in [6, 6.07) is 11.9. The number of aryl methyl sites for hydroxylation is 1. The van der Waals surface area contributed by atoms with Gasteiger partial charge in [0.25, 0.3) is 0 Å². The molecule has 0 spiro atoms. The van der Waals surface area contributed by atoms with E-state index in [-0.39, 0.29) is 5.56 Å². The zero-order valence-electron chi connectivity index (χ0n) is 11.7. The second-order valence-corrected chi connectivity index (χ2v) is 4.77. The van der Waals surface area contributed by atoms with Gasteiger partial charge < -0.3 is 20.1 Å². The highest BCUT2D eigenvalue weighted by Gasteiger charge is 2.20. The number of rotatable bonds is 3. The number of aromatic nitrogens is 2. The van der Waals surface area contributed by atoms with Crippen molar-refractivity contribution in [2.24, 2.45) is 0 Å². The van der Waals surface area contributed by atoms with E-state index in [9.17, 15) is 15.3 Å². The highest BCUT2D eigenvalue weighted by Crippen LogP contribution is 2.45. The van der Waals surface area contributed by atoms with Gasteiger partial charge in [0, 0.05) is 0 Å². The summed E-state index contributed by atoms with van der Waals surface area (Å²) in [6.07, 6.45) is 0. The predicted octanol–water partition coefficient (Wildman–Crippen LogP) is 3.29. The SMILES string of the molecule is Cc1[nH]nc(-c2ccc(O)c(O)c2O)c1Oc1ccccc1. The second-order valence-electron chi connectivity index (χ2n) is 4.77. The van der Waals surface area contributed by atoms with Crippen LogP contribution < -0.4 is 4.74 Å². The molecule has 6 nitrogen and oxygen atoms in total. The summed E-state index contributed by atoms with van der Waals surface area (Å²) in [6.45, 7) is 1.78. The Bertz CT molecular complexity index is 813. The minimum absolute atomic E-state index is 0.255. The standard InChI is InChI=1S/C16H14N2O4/c1-9-16(22-10-5-3-2-4-6-10)13(18-17-9)11-7-8-12(19)15(21)14(11)20/h2-8,19-21H,1H3,(H,17,18). The molecular weight excluding hydrogens is 284 g/mol. The number of phenols is 3. The summed E-state index contributed by atoms with van der Waals surface area (Å²) < 4.78 is 5.81. The number of nitrogens with zero attached hydrogens (tertiary/aromatic N) is 1. The zero-order chi connectivity index (χ0) is 15.7. The average molecular weight is 298 g/mol. The van der Waals surface area contributed by atoms with Crippen LogP contribution in [0.5, 0.6) is 28.7 Å². The van der Waals surface area contributed by atoms with Gasteiger partial charge in [0.05, 0.1) is 11.3 Å². The Balaban J connectivity index is 2.08. The molecule has 1 aromatic heterocycles. The summed E-state index contributed by atoms with van der Waals surface area (Å²) in [4.78, 5) is 0. The van der Waals surface area contributed by atoms with E-state index in [4.69, 9.17) is 4.74 Å². The van der Waals surface area contributed by atoms with Crippen molar-refractivity contribution in [2.75, 3.05) is 0 Å².